The van der Waals surface area contributed by atoms with Gasteiger partial charge in [0.25, 0.3) is 0 Å². The Labute approximate surface area is 117 Å². The largest absolute Gasteiger partial charge is 0.382 e. The summed E-state index contributed by atoms with van der Waals surface area (Å²) in [4.78, 5) is 2.41. The van der Waals surface area contributed by atoms with Crippen LogP contribution in [0.25, 0.3) is 0 Å². The highest BCUT2D eigenvalue weighted by Crippen LogP contribution is 2.27. The molecule has 18 heavy (non-hydrogen) atoms. The maximum atomic E-state index is 9.14. The van der Waals surface area contributed by atoms with Gasteiger partial charge < -0.3 is 5.32 Å². The molecule has 0 saturated heterocycles. The van der Waals surface area contributed by atoms with Gasteiger partial charge in [0.15, 0.2) is 0 Å². The van der Waals surface area contributed by atoms with Gasteiger partial charge in [-0.3, -0.25) is 4.90 Å². The van der Waals surface area contributed by atoms with Crippen LogP contribution in [0.4, 0.5) is 5.69 Å². The summed E-state index contributed by atoms with van der Waals surface area (Å²) < 4.78 is 0.846. The first-order valence-electron chi connectivity index (χ1n) is 6.28. The quantitative estimate of drug-likeness (QED) is 0.908. The Morgan fingerprint density at radius 1 is 1.56 bits per heavy atom. The van der Waals surface area contributed by atoms with Gasteiger partial charge >= 0.3 is 0 Å². The maximum Gasteiger partial charge on any atom is 0.103 e. The summed E-state index contributed by atoms with van der Waals surface area (Å²) in [5.74, 6) is 0. The molecule has 0 bridgehead atoms. The van der Waals surface area contributed by atoms with E-state index in [4.69, 9.17) is 5.26 Å². The number of hydrogen-bond donors (Lipinski definition) is 1. The minimum absolute atomic E-state index is 0.475. The molecule has 0 amide bonds. The van der Waals surface area contributed by atoms with Gasteiger partial charge in [-0.05, 0) is 54.9 Å². The highest BCUT2D eigenvalue weighted by atomic mass is 79.9. The van der Waals surface area contributed by atoms with Crippen molar-refractivity contribution in [2.75, 3.05) is 18.9 Å². The highest BCUT2D eigenvalue weighted by molar-refractivity contribution is 9.10. The van der Waals surface area contributed by atoms with Crippen LogP contribution in [0.5, 0.6) is 0 Å². The summed E-state index contributed by atoms with van der Waals surface area (Å²) in [6.07, 6.45) is 2.64. The van der Waals surface area contributed by atoms with Gasteiger partial charge in [-0.1, -0.05) is 6.07 Å². The van der Waals surface area contributed by atoms with Crippen LogP contribution in [-0.2, 0) is 0 Å². The maximum absolute atomic E-state index is 9.14. The molecular weight excluding hydrogens is 290 g/mol. The van der Waals surface area contributed by atoms with Crippen molar-refractivity contribution in [3.05, 3.63) is 28.2 Å². The van der Waals surface area contributed by atoms with Crippen LogP contribution in [-0.4, -0.2) is 30.6 Å². The van der Waals surface area contributed by atoms with Gasteiger partial charge in [-0.15, -0.1) is 0 Å². The number of nitriles is 1. The van der Waals surface area contributed by atoms with Crippen LogP contribution >= 0.6 is 15.9 Å². The Morgan fingerprint density at radius 3 is 2.89 bits per heavy atom. The minimum atomic E-state index is 0.475. The van der Waals surface area contributed by atoms with Crippen molar-refractivity contribution >= 4 is 21.6 Å². The molecule has 1 N–H and O–H groups in total. The van der Waals surface area contributed by atoms with Gasteiger partial charge in [0.2, 0.25) is 0 Å². The molecule has 3 nitrogen and oxygen atoms in total. The Hall–Kier alpha value is -1.05. The van der Waals surface area contributed by atoms with Crippen molar-refractivity contribution in [2.24, 2.45) is 0 Å². The third-order valence-electron chi connectivity index (χ3n) is 3.53. The zero-order valence-electron chi connectivity index (χ0n) is 10.8. The van der Waals surface area contributed by atoms with E-state index in [1.807, 2.05) is 18.2 Å². The molecule has 0 aliphatic heterocycles. The van der Waals surface area contributed by atoms with Gasteiger partial charge in [0, 0.05) is 23.1 Å². The molecule has 0 radical (unpaired) electrons. The number of halogens is 1. The van der Waals surface area contributed by atoms with Crippen molar-refractivity contribution in [1.29, 1.82) is 5.26 Å². The molecule has 0 heterocycles. The number of nitrogens with one attached hydrogen (secondary N) is 1. The molecule has 0 spiro atoms. The Kier molecular flexibility index (Phi) is 4.26. The van der Waals surface area contributed by atoms with Crippen LogP contribution in [0.1, 0.15) is 25.3 Å². The zero-order chi connectivity index (χ0) is 13.1. The molecule has 2 rings (SSSR count). The summed E-state index contributed by atoms with van der Waals surface area (Å²) in [6, 6.07) is 9.26. The lowest BCUT2D eigenvalue weighted by Gasteiger charge is -2.25. The Morgan fingerprint density at radius 2 is 2.28 bits per heavy atom. The van der Waals surface area contributed by atoms with Gasteiger partial charge in [0.05, 0.1) is 11.3 Å². The molecule has 1 aliphatic carbocycles. The van der Waals surface area contributed by atoms with Crippen LogP contribution in [0, 0.1) is 11.3 Å². The van der Waals surface area contributed by atoms with E-state index >= 15 is 0 Å². The first-order chi connectivity index (χ1) is 8.63. The van der Waals surface area contributed by atoms with Crippen molar-refractivity contribution < 1.29 is 0 Å². The molecule has 1 aromatic rings. The molecule has 1 fully saturated rings. The summed E-state index contributed by atoms with van der Waals surface area (Å²) >= 11 is 3.40. The third-order valence-corrected chi connectivity index (χ3v) is 4.19. The van der Waals surface area contributed by atoms with Crippen molar-refractivity contribution in [2.45, 2.75) is 31.8 Å². The fourth-order valence-electron chi connectivity index (χ4n) is 2.03. The van der Waals surface area contributed by atoms with Crippen molar-refractivity contribution in [1.82, 2.24) is 4.90 Å². The van der Waals surface area contributed by atoms with E-state index < -0.39 is 0 Å². The fraction of sp³-hybridized carbons (Fsp3) is 0.500. The molecule has 1 aliphatic rings. The van der Waals surface area contributed by atoms with E-state index in [0.29, 0.717) is 11.6 Å². The summed E-state index contributed by atoms with van der Waals surface area (Å²) in [5.41, 5.74) is 1.58. The smallest absolute Gasteiger partial charge is 0.103 e. The fourth-order valence-corrected chi connectivity index (χ4v) is 2.48. The second-order valence-electron chi connectivity index (χ2n) is 4.90. The third kappa shape index (κ3) is 3.04. The molecule has 96 valence electrons. The monoisotopic (exact) mass is 307 g/mol. The number of benzene rings is 1. The molecule has 4 heteroatoms. The normalized spacial score (nSPS) is 16.4. The number of rotatable bonds is 5. The lowest BCUT2D eigenvalue weighted by molar-refractivity contribution is 0.257. The standard InChI is InChI=1S/C14H18BrN3/c1-10(18(2)11-6-7-11)9-17-14-5-3-4-13(15)12(14)8-16/h3-5,10-11,17H,6-7,9H2,1-2H3. The number of anilines is 1. The number of hydrogen-bond acceptors (Lipinski definition) is 3. The lowest BCUT2D eigenvalue weighted by Crippen LogP contribution is -2.36. The van der Waals surface area contributed by atoms with Gasteiger partial charge in [-0.2, -0.15) is 5.26 Å². The predicted octanol–water partition coefficient (Wildman–Crippen LogP) is 3.22. The van der Waals surface area contributed by atoms with Crippen LogP contribution in [0.15, 0.2) is 22.7 Å². The van der Waals surface area contributed by atoms with Crippen LogP contribution < -0.4 is 5.32 Å². The summed E-state index contributed by atoms with van der Waals surface area (Å²) in [6.45, 7) is 3.08. The molecular formula is C14H18BrN3. The highest BCUT2D eigenvalue weighted by Gasteiger charge is 2.28. The second kappa shape index (κ2) is 5.73. The average Bonchev–Trinajstić information content (AvgIpc) is 3.19. The van der Waals surface area contributed by atoms with E-state index in [0.717, 1.165) is 22.7 Å². The topological polar surface area (TPSA) is 39.1 Å². The molecule has 1 unspecified atom stereocenters. The van der Waals surface area contributed by atoms with E-state index in [-0.39, 0.29) is 0 Å². The second-order valence-corrected chi connectivity index (χ2v) is 5.76. The van der Waals surface area contributed by atoms with E-state index in [9.17, 15) is 0 Å². The van der Waals surface area contributed by atoms with Gasteiger partial charge in [0.1, 0.15) is 6.07 Å². The van der Waals surface area contributed by atoms with Crippen LogP contribution in [0.2, 0.25) is 0 Å². The number of nitrogens with zero attached hydrogens (tertiary/aromatic N) is 2. The van der Waals surface area contributed by atoms with E-state index in [1.54, 1.807) is 0 Å². The van der Waals surface area contributed by atoms with Crippen LogP contribution in [0.3, 0.4) is 0 Å². The first-order valence-corrected chi connectivity index (χ1v) is 7.07. The molecule has 0 aromatic heterocycles. The molecule has 1 aromatic carbocycles. The first kappa shape index (κ1) is 13.4. The molecule has 1 saturated carbocycles. The lowest BCUT2D eigenvalue weighted by atomic mass is 10.2. The predicted molar refractivity (Wildman–Crippen MR) is 77.6 cm³/mol. The summed E-state index contributed by atoms with van der Waals surface area (Å²) in [7, 11) is 2.18. The average molecular weight is 308 g/mol. The van der Waals surface area contributed by atoms with Crippen molar-refractivity contribution in [3.63, 3.8) is 0 Å². The van der Waals surface area contributed by atoms with Gasteiger partial charge in [-0.25, -0.2) is 0 Å². The Balaban J connectivity index is 1.97. The van der Waals surface area contributed by atoms with E-state index in [1.165, 1.54) is 12.8 Å². The molecule has 1 atom stereocenters. The zero-order valence-corrected chi connectivity index (χ0v) is 12.4. The SMILES string of the molecule is CC(CNc1cccc(Br)c1C#N)N(C)C1CC1. The summed E-state index contributed by atoms with van der Waals surface area (Å²) in [5, 5.41) is 12.5. The van der Waals surface area contributed by atoms with Crippen molar-refractivity contribution in [3.8, 4) is 6.07 Å². The van der Waals surface area contributed by atoms with E-state index in [2.05, 4.69) is 46.2 Å². The minimum Gasteiger partial charge on any atom is -0.382 e. The Bertz CT molecular complexity index is 463. The number of likely N-dealkylation sites (N-methyl/N-ethyl adjacent to an activating group) is 1.